The van der Waals surface area contributed by atoms with Gasteiger partial charge in [0.2, 0.25) is 0 Å². The van der Waals surface area contributed by atoms with Crippen LogP contribution >= 0.6 is 0 Å². The minimum Gasteiger partial charge on any atom is -0.460 e. The van der Waals surface area contributed by atoms with Gasteiger partial charge in [-0.05, 0) is 17.2 Å². The number of carbonyl (C=O) groups is 1. The minimum absolute atomic E-state index is 0.253. The maximum Gasteiger partial charge on any atom is 0.323 e. The molecule has 3 rings (SSSR count). The summed E-state index contributed by atoms with van der Waals surface area (Å²) in [4.78, 5) is 12.1. The molecule has 23 heavy (non-hydrogen) atoms. The van der Waals surface area contributed by atoms with Crippen LogP contribution in [0.25, 0.3) is 10.9 Å². The topological polar surface area (TPSA) is 57.2 Å². The van der Waals surface area contributed by atoms with Crippen molar-refractivity contribution >= 4 is 16.9 Å². The van der Waals surface area contributed by atoms with Crippen LogP contribution in [0.5, 0.6) is 0 Å². The highest BCUT2D eigenvalue weighted by molar-refractivity contribution is 5.85. The molecular formula is C19H20N2O2. The normalized spacial score (nSPS) is 12.3. The third-order valence-corrected chi connectivity index (χ3v) is 3.95. The van der Waals surface area contributed by atoms with Gasteiger partial charge in [0.05, 0.1) is 0 Å². The Bertz CT molecular complexity index is 809. The third-order valence-electron chi connectivity index (χ3n) is 3.95. The number of esters is 1. The van der Waals surface area contributed by atoms with Gasteiger partial charge in [-0.1, -0.05) is 48.5 Å². The molecule has 0 fully saturated rings. The van der Waals surface area contributed by atoms with E-state index < -0.39 is 6.04 Å². The number of hydrogen-bond donors (Lipinski definition) is 1. The Labute approximate surface area is 135 Å². The fourth-order valence-electron chi connectivity index (χ4n) is 2.74. The maximum atomic E-state index is 12.1. The van der Waals surface area contributed by atoms with E-state index in [1.165, 1.54) is 0 Å². The Morgan fingerprint density at radius 2 is 1.83 bits per heavy atom. The molecule has 3 aromatic rings. The fourth-order valence-corrected chi connectivity index (χ4v) is 2.74. The van der Waals surface area contributed by atoms with Gasteiger partial charge in [-0.15, -0.1) is 0 Å². The Kier molecular flexibility index (Phi) is 4.44. The van der Waals surface area contributed by atoms with Crippen LogP contribution < -0.4 is 5.73 Å². The van der Waals surface area contributed by atoms with Gasteiger partial charge in [0, 0.05) is 30.6 Å². The first-order valence-corrected chi connectivity index (χ1v) is 7.64. The largest absolute Gasteiger partial charge is 0.460 e. The molecule has 2 aromatic carbocycles. The van der Waals surface area contributed by atoms with Gasteiger partial charge in [-0.25, -0.2) is 0 Å². The monoisotopic (exact) mass is 308 g/mol. The quantitative estimate of drug-likeness (QED) is 0.737. The number of hydrogen-bond acceptors (Lipinski definition) is 3. The second-order valence-electron chi connectivity index (χ2n) is 5.69. The molecule has 0 aliphatic carbocycles. The lowest BCUT2D eigenvalue weighted by atomic mass is 10.1. The van der Waals surface area contributed by atoms with Gasteiger partial charge < -0.3 is 15.0 Å². The molecule has 0 amide bonds. The molecule has 1 unspecified atom stereocenters. The summed E-state index contributed by atoms with van der Waals surface area (Å²) in [5.74, 6) is -0.373. The standard InChI is InChI=1S/C19H20N2O2/c1-21-12-15(16-9-5-6-10-18(16)21)11-17(20)19(22)23-13-14-7-3-2-4-8-14/h2-10,12,17H,11,13,20H2,1H3. The summed E-state index contributed by atoms with van der Waals surface area (Å²) in [6.07, 6.45) is 2.49. The van der Waals surface area contributed by atoms with E-state index in [4.69, 9.17) is 10.5 Å². The van der Waals surface area contributed by atoms with Crippen molar-refractivity contribution < 1.29 is 9.53 Å². The Balaban J connectivity index is 1.66. The average Bonchev–Trinajstić information content (AvgIpc) is 2.90. The van der Waals surface area contributed by atoms with Crippen molar-refractivity contribution in [3.05, 3.63) is 71.9 Å². The van der Waals surface area contributed by atoms with Gasteiger partial charge in [0.25, 0.3) is 0 Å². The Hall–Kier alpha value is -2.59. The van der Waals surface area contributed by atoms with Gasteiger partial charge in [0.15, 0.2) is 0 Å². The van der Waals surface area contributed by atoms with E-state index >= 15 is 0 Å². The molecule has 4 heteroatoms. The number of fused-ring (bicyclic) bond motifs is 1. The summed E-state index contributed by atoms with van der Waals surface area (Å²) in [6, 6.07) is 17.0. The molecule has 0 saturated carbocycles. The smallest absolute Gasteiger partial charge is 0.323 e. The lowest BCUT2D eigenvalue weighted by Crippen LogP contribution is -2.34. The molecule has 2 N–H and O–H groups in total. The SMILES string of the molecule is Cn1cc(CC(N)C(=O)OCc2ccccc2)c2ccccc21. The van der Waals surface area contributed by atoms with Crippen LogP contribution in [0, 0.1) is 0 Å². The van der Waals surface area contributed by atoms with E-state index in [9.17, 15) is 4.79 Å². The predicted octanol–water partition coefficient (Wildman–Crippen LogP) is 2.79. The van der Waals surface area contributed by atoms with Crippen molar-refractivity contribution in [1.82, 2.24) is 4.57 Å². The van der Waals surface area contributed by atoms with Crippen molar-refractivity contribution in [2.45, 2.75) is 19.1 Å². The first-order chi connectivity index (χ1) is 11.1. The molecule has 1 heterocycles. The van der Waals surface area contributed by atoms with Gasteiger partial charge >= 0.3 is 5.97 Å². The van der Waals surface area contributed by atoms with Crippen LogP contribution in [-0.4, -0.2) is 16.6 Å². The Morgan fingerprint density at radius 3 is 2.61 bits per heavy atom. The highest BCUT2D eigenvalue weighted by Gasteiger charge is 2.18. The van der Waals surface area contributed by atoms with Crippen LogP contribution in [0.3, 0.4) is 0 Å². The number of rotatable bonds is 5. The van der Waals surface area contributed by atoms with Crippen LogP contribution in [0.2, 0.25) is 0 Å². The van der Waals surface area contributed by atoms with E-state index in [0.29, 0.717) is 6.42 Å². The minimum atomic E-state index is -0.662. The maximum absolute atomic E-state index is 12.1. The molecule has 0 aliphatic rings. The summed E-state index contributed by atoms with van der Waals surface area (Å²) in [7, 11) is 1.99. The van der Waals surface area contributed by atoms with E-state index in [1.54, 1.807) is 0 Å². The summed E-state index contributed by atoms with van der Waals surface area (Å²) in [6.45, 7) is 0.253. The van der Waals surface area contributed by atoms with Crippen molar-refractivity contribution in [2.24, 2.45) is 12.8 Å². The summed E-state index contributed by atoms with van der Waals surface area (Å²) >= 11 is 0. The predicted molar refractivity (Wildman–Crippen MR) is 90.8 cm³/mol. The van der Waals surface area contributed by atoms with E-state index in [2.05, 4.69) is 6.07 Å². The number of carbonyl (C=O) groups excluding carboxylic acids is 1. The molecule has 0 saturated heterocycles. The molecular weight excluding hydrogens is 288 g/mol. The van der Waals surface area contributed by atoms with Gasteiger partial charge in [-0.3, -0.25) is 4.79 Å². The molecule has 4 nitrogen and oxygen atoms in total. The summed E-state index contributed by atoms with van der Waals surface area (Å²) < 4.78 is 7.36. The van der Waals surface area contributed by atoms with E-state index in [-0.39, 0.29) is 12.6 Å². The van der Waals surface area contributed by atoms with E-state index in [1.807, 2.05) is 66.3 Å². The molecule has 0 spiro atoms. The van der Waals surface area contributed by atoms with Gasteiger partial charge in [0.1, 0.15) is 12.6 Å². The third kappa shape index (κ3) is 3.43. The lowest BCUT2D eigenvalue weighted by molar-refractivity contribution is -0.146. The molecule has 1 atom stereocenters. The summed E-state index contributed by atoms with van der Waals surface area (Å²) in [5.41, 5.74) is 9.18. The molecule has 0 bridgehead atoms. The number of aromatic nitrogens is 1. The number of aryl methyl sites for hydroxylation is 1. The van der Waals surface area contributed by atoms with Gasteiger partial charge in [-0.2, -0.15) is 0 Å². The number of ether oxygens (including phenoxy) is 1. The first kappa shape index (κ1) is 15.3. The zero-order valence-corrected chi connectivity index (χ0v) is 13.1. The first-order valence-electron chi connectivity index (χ1n) is 7.64. The average molecular weight is 308 g/mol. The van der Waals surface area contributed by atoms with Crippen LogP contribution in [0.1, 0.15) is 11.1 Å². The van der Waals surface area contributed by atoms with Crippen LogP contribution in [0.15, 0.2) is 60.8 Å². The molecule has 0 aliphatic heterocycles. The molecule has 118 valence electrons. The van der Waals surface area contributed by atoms with E-state index in [0.717, 1.165) is 22.0 Å². The van der Waals surface area contributed by atoms with Crippen molar-refractivity contribution in [3.8, 4) is 0 Å². The fraction of sp³-hybridized carbons (Fsp3) is 0.211. The number of benzene rings is 2. The highest BCUT2D eigenvalue weighted by atomic mass is 16.5. The molecule has 0 radical (unpaired) electrons. The number of para-hydroxylation sites is 1. The van der Waals surface area contributed by atoms with Crippen molar-refractivity contribution in [2.75, 3.05) is 0 Å². The van der Waals surface area contributed by atoms with Crippen LogP contribution in [-0.2, 0) is 29.6 Å². The van der Waals surface area contributed by atoms with Crippen molar-refractivity contribution in [3.63, 3.8) is 0 Å². The van der Waals surface area contributed by atoms with Crippen LogP contribution in [0.4, 0.5) is 0 Å². The second kappa shape index (κ2) is 6.67. The Morgan fingerprint density at radius 1 is 1.13 bits per heavy atom. The zero-order chi connectivity index (χ0) is 16.2. The highest BCUT2D eigenvalue weighted by Crippen LogP contribution is 2.21. The lowest BCUT2D eigenvalue weighted by Gasteiger charge is -2.11. The second-order valence-corrected chi connectivity index (χ2v) is 5.69. The summed E-state index contributed by atoms with van der Waals surface area (Å²) in [5, 5.41) is 1.13. The number of nitrogens with zero attached hydrogens (tertiary/aromatic N) is 1. The number of nitrogens with two attached hydrogens (primary N) is 1. The zero-order valence-electron chi connectivity index (χ0n) is 13.1. The van der Waals surface area contributed by atoms with Crippen molar-refractivity contribution in [1.29, 1.82) is 0 Å². The molecule has 1 aromatic heterocycles.